The van der Waals surface area contributed by atoms with Gasteiger partial charge in [-0.3, -0.25) is 9.58 Å². The van der Waals surface area contributed by atoms with Gasteiger partial charge in [0.1, 0.15) is 0 Å². The van der Waals surface area contributed by atoms with Crippen LogP contribution in [0.2, 0.25) is 0 Å². The van der Waals surface area contributed by atoms with E-state index in [1.807, 2.05) is 17.1 Å². The van der Waals surface area contributed by atoms with E-state index >= 15 is 0 Å². The number of aromatic nitrogens is 4. The van der Waals surface area contributed by atoms with Gasteiger partial charge in [-0.2, -0.15) is 10.1 Å². The van der Waals surface area contributed by atoms with Crippen LogP contribution in [0, 0.1) is 0 Å². The van der Waals surface area contributed by atoms with Crippen molar-refractivity contribution in [2.45, 2.75) is 32.5 Å². The monoisotopic (exact) mass is 321 g/mol. The summed E-state index contributed by atoms with van der Waals surface area (Å²) in [7, 11) is 1.66. The molecular weight excluding hydrogens is 298 g/mol. The fourth-order valence-corrected chi connectivity index (χ4v) is 2.61. The van der Waals surface area contributed by atoms with Gasteiger partial charge in [0.25, 0.3) is 0 Å². The van der Waals surface area contributed by atoms with Crippen molar-refractivity contribution in [3.8, 4) is 0 Å². The maximum atomic E-state index is 5.87. The Morgan fingerprint density at radius 3 is 3.13 bits per heavy atom. The standard InChI is InChI=1S/C15H23N5O3/c1-3-20-9-12(8-16-20)13-10-19(5-7-22-13)11-15-17-14(18-23-15)4-6-21-2/h8-9,13H,3-7,10-11H2,1-2H3. The van der Waals surface area contributed by atoms with Gasteiger partial charge in [0.2, 0.25) is 5.89 Å². The van der Waals surface area contributed by atoms with Gasteiger partial charge in [0.05, 0.1) is 32.1 Å². The van der Waals surface area contributed by atoms with Crippen molar-refractivity contribution in [3.63, 3.8) is 0 Å². The van der Waals surface area contributed by atoms with Crippen molar-refractivity contribution in [1.82, 2.24) is 24.8 Å². The molecule has 0 amide bonds. The molecule has 0 aliphatic carbocycles. The average Bonchev–Trinajstić information content (AvgIpc) is 3.22. The highest BCUT2D eigenvalue weighted by Gasteiger charge is 2.24. The average molecular weight is 321 g/mol. The number of nitrogens with zero attached hydrogens (tertiary/aromatic N) is 5. The Balaban J connectivity index is 1.57. The third kappa shape index (κ3) is 4.15. The van der Waals surface area contributed by atoms with Crippen LogP contribution in [0.1, 0.15) is 30.3 Å². The molecule has 3 heterocycles. The third-order valence-corrected chi connectivity index (χ3v) is 3.90. The fourth-order valence-electron chi connectivity index (χ4n) is 2.61. The second-order valence-corrected chi connectivity index (χ2v) is 5.57. The van der Waals surface area contributed by atoms with Crippen LogP contribution in [0.5, 0.6) is 0 Å². The highest BCUT2D eigenvalue weighted by Crippen LogP contribution is 2.22. The maximum Gasteiger partial charge on any atom is 0.240 e. The van der Waals surface area contributed by atoms with Gasteiger partial charge in [0.15, 0.2) is 5.82 Å². The molecular formula is C15H23N5O3. The highest BCUT2D eigenvalue weighted by atomic mass is 16.5. The lowest BCUT2D eigenvalue weighted by atomic mass is 10.1. The van der Waals surface area contributed by atoms with Crippen LogP contribution in [0.3, 0.4) is 0 Å². The summed E-state index contributed by atoms with van der Waals surface area (Å²) in [6.45, 7) is 6.51. The minimum absolute atomic E-state index is 0.0416. The van der Waals surface area contributed by atoms with Gasteiger partial charge >= 0.3 is 0 Å². The van der Waals surface area contributed by atoms with E-state index < -0.39 is 0 Å². The first-order chi connectivity index (χ1) is 11.3. The van der Waals surface area contributed by atoms with Gasteiger partial charge in [-0.05, 0) is 6.92 Å². The third-order valence-electron chi connectivity index (χ3n) is 3.90. The largest absolute Gasteiger partial charge is 0.384 e. The van der Waals surface area contributed by atoms with Crippen LogP contribution >= 0.6 is 0 Å². The molecule has 0 spiro atoms. The number of morpholine rings is 1. The smallest absolute Gasteiger partial charge is 0.240 e. The Morgan fingerprint density at radius 2 is 2.35 bits per heavy atom. The summed E-state index contributed by atoms with van der Waals surface area (Å²) in [5.74, 6) is 1.33. The predicted molar refractivity (Wildman–Crippen MR) is 81.7 cm³/mol. The second-order valence-electron chi connectivity index (χ2n) is 5.57. The second kappa shape index (κ2) is 7.67. The van der Waals surface area contributed by atoms with E-state index in [-0.39, 0.29) is 6.10 Å². The lowest BCUT2D eigenvalue weighted by Crippen LogP contribution is -2.37. The molecule has 1 fully saturated rings. The molecule has 2 aromatic rings. The number of methoxy groups -OCH3 is 1. The summed E-state index contributed by atoms with van der Waals surface area (Å²) in [4.78, 5) is 6.67. The zero-order chi connectivity index (χ0) is 16.1. The fraction of sp³-hybridized carbons (Fsp3) is 0.667. The molecule has 0 saturated carbocycles. The van der Waals surface area contributed by atoms with Crippen LogP contribution in [-0.4, -0.2) is 58.2 Å². The normalized spacial score (nSPS) is 19.3. The molecule has 1 aliphatic rings. The molecule has 126 valence electrons. The molecule has 0 aromatic carbocycles. The first-order valence-electron chi connectivity index (χ1n) is 7.95. The zero-order valence-electron chi connectivity index (χ0n) is 13.6. The summed E-state index contributed by atoms with van der Waals surface area (Å²) in [6.07, 6.45) is 4.64. The summed E-state index contributed by atoms with van der Waals surface area (Å²) < 4.78 is 18.1. The Bertz CT molecular complexity index is 612. The number of hydrogen-bond donors (Lipinski definition) is 0. The molecule has 1 aliphatic heterocycles. The van der Waals surface area contributed by atoms with E-state index in [2.05, 4.69) is 27.1 Å². The Kier molecular flexibility index (Phi) is 5.37. The number of aryl methyl sites for hydroxylation is 1. The SMILES string of the molecule is CCn1cc(C2CN(Cc3nc(CCOC)no3)CCO2)cn1. The number of rotatable bonds is 7. The van der Waals surface area contributed by atoms with Crippen molar-refractivity contribution in [1.29, 1.82) is 0 Å². The summed E-state index contributed by atoms with van der Waals surface area (Å²) in [6, 6.07) is 0. The lowest BCUT2D eigenvalue weighted by molar-refractivity contribution is -0.0356. The summed E-state index contributed by atoms with van der Waals surface area (Å²) >= 11 is 0. The molecule has 2 aromatic heterocycles. The van der Waals surface area contributed by atoms with Crippen LogP contribution in [-0.2, 0) is 29.0 Å². The zero-order valence-corrected chi connectivity index (χ0v) is 13.6. The molecule has 1 atom stereocenters. The molecule has 0 radical (unpaired) electrons. The van der Waals surface area contributed by atoms with E-state index in [4.69, 9.17) is 14.0 Å². The number of hydrogen-bond acceptors (Lipinski definition) is 7. The first kappa shape index (κ1) is 16.1. The quantitative estimate of drug-likeness (QED) is 0.754. The van der Waals surface area contributed by atoms with Crippen molar-refractivity contribution in [3.05, 3.63) is 29.7 Å². The lowest BCUT2D eigenvalue weighted by Gasteiger charge is -2.31. The van der Waals surface area contributed by atoms with Crippen molar-refractivity contribution >= 4 is 0 Å². The van der Waals surface area contributed by atoms with Gasteiger partial charge in [-0.15, -0.1) is 0 Å². The molecule has 0 N–H and O–H groups in total. The Labute approximate surface area is 135 Å². The van der Waals surface area contributed by atoms with Gasteiger partial charge in [0, 0.05) is 44.9 Å². The van der Waals surface area contributed by atoms with Crippen LogP contribution in [0.15, 0.2) is 16.9 Å². The van der Waals surface area contributed by atoms with Crippen molar-refractivity contribution in [2.24, 2.45) is 0 Å². The Morgan fingerprint density at radius 1 is 1.43 bits per heavy atom. The molecule has 0 bridgehead atoms. The minimum Gasteiger partial charge on any atom is -0.384 e. The van der Waals surface area contributed by atoms with Crippen molar-refractivity contribution < 1.29 is 14.0 Å². The summed E-state index contributed by atoms with van der Waals surface area (Å²) in [5, 5.41) is 8.29. The Hall–Kier alpha value is -1.77. The van der Waals surface area contributed by atoms with Gasteiger partial charge < -0.3 is 14.0 Å². The van der Waals surface area contributed by atoms with Crippen LogP contribution < -0.4 is 0 Å². The van der Waals surface area contributed by atoms with E-state index in [1.54, 1.807) is 7.11 Å². The van der Waals surface area contributed by atoms with Crippen molar-refractivity contribution in [2.75, 3.05) is 33.4 Å². The topological polar surface area (TPSA) is 78.4 Å². The molecule has 1 saturated heterocycles. The minimum atomic E-state index is 0.0416. The predicted octanol–water partition coefficient (Wildman–Crippen LogP) is 1.05. The van der Waals surface area contributed by atoms with Crippen LogP contribution in [0.25, 0.3) is 0 Å². The van der Waals surface area contributed by atoms with E-state index in [0.717, 1.165) is 25.2 Å². The molecule has 8 nitrogen and oxygen atoms in total. The van der Waals surface area contributed by atoms with E-state index in [0.29, 0.717) is 37.9 Å². The summed E-state index contributed by atoms with van der Waals surface area (Å²) in [5.41, 5.74) is 1.11. The first-order valence-corrected chi connectivity index (χ1v) is 7.95. The molecule has 1 unspecified atom stereocenters. The van der Waals surface area contributed by atoms with Crippen LogP contribution in [0.4, 0.5) is 0 Å². The van der Waals surface area contributed by atoms with Gasteiger partial charge in [-0.1, -0.05) is 5.16 Å². The maximum absolute atomic E-state index is 5.87. The molecule has 8 heteroatoms. The van der Waals surface area contributed by atoms with E-state index in [9.17, 15) is 0 Å². The molecule has 23 heavy (non-hydrogen) atoms. The highest BCUT2D eigenvalue weighted by molar-refractivity contribution is 5.09. The number of ether oxygens (including phenoxy) is 2. The van der Waals surface area contributed by atoms with Gasteiger partial charge in [-0.25, -0.2) is 0 Å². The van der Waals surface area contributed by atoms with E-state index in [1.165, 1.54) is 0 Å². The molecule has 3 rings (SSSR count).